The van der Waals surface area contributed by atoms with Crippen molar-refractivity contribution < 1.29 is 14.5 Å². The highest BCUT2D eigenvalue weighted by molar-refractivity contribution is 5.75. The lowest BCUT2D eigenvalue weighted by molar-refractivity contribution is -0.519. The molecule has 0 aromatic heterocycles. The lowest BCUT2D eigenvalue weighted by Crippen LogP contribution is -2.18. The van der Waals surface area contributed by atoms with Gasteiger partial charge in [0.1, 0.15) is 5.92 Å². The van der Waals surface area contributed by atoms with E-state index in [1.54, 1.807) is 6.92 Å². The Morgan fingerprint density at radius 3 is 2.62 bits per heavy atom. The van der Waals surface area contributed by atoms with E-state index in [-0.39, 0.29) is 11.5 Å². The van der Waals surface area contributed by atoms with E-state index in [4.69, 9.17) is 10.00 Å². The minimum absolute atomic E-state index is 0.238. The fourth-order valence-electron chi connectivity index (χ4n) is 1.20. The number of hydrogen-bond donors (Lipinski definition) is 0. The molecule has 0 bridgehead atoms. The Balaban J connectivity index is 3.94. The first kappa shape index (κ1) is 14.4. The second kappa shape index (κ2) is 7.63. The Labute approximate surface area is 94.3 Å². The lowest BCUT2D eigenvalue weighted by Gasteiger charge is -2.08. The van der Waals surface area contributed by atoms with Crippen LogP contribution in [-0.4, -0.2) is 23.5 Å². The van der Waals surface area contributed by atoms with Crippen molar-refractivity contribution in [1.29, 1.82) is 5.26 Å². The van der Waals surface area contributed by atoms with Gasteiger partial charge in [-0.05, 0) is 19.8 Å². The molecule has 0 heterocycles. The highest BCUT2D eigenvalue weighted by Crippen LogP contribution is 2.12. The van der Waals surface area contributed by atoms with E-state index in [0.717, 1.165) is 0 Å². The zero-order chi connectivity index (χ0) is 12.6. The van der Waals surface area contributed by atoms with Crippen molar-refractivity contribution in [2.75, 3.05) is 6.61 Å². The van der Waals surface area contributed by atoms with Crippen molar-refractivity contribution in [2.24, 2.45) is 5.92 Å². The van der Waals surface area contributed by atoms with Crippen molar-refractivity contribution in [3.05, 3.63) is 10.1 Å². The molecule has 0 spiro atoms. The van der Waals surface area contributed by atoms with E-state index in [1.165, 1.54) is 6.92 Å². The van der Waals surface area contributed by atoms with Crippen molar-refractivity contribution in [3.8, 4) is 6.07 Å². The van der Waals surface area contributed by atoms with Crippen LogP contribution in [0.15, 0.2) is 0 Å². The molecule has 0 fully saturated rings. The average Bonchev–Trinajstić information content (AvgIpc) is 2.24. The standard InChI is InChI=1S/C10H16N2O4/c1-3-16-10(13)9(7-11)6-4-5-8(2)12(14)15/h8-9H,3-6H2,1-2H3. The van der Waals surface area contributed by atoms with Gasteiger partial charge in [0.05, 0.1) is 12.7 Å². The molecule has 2 atom stereocenters. The summed E-state index contributed by atoms with van der Waals surface area (Å²) >= 11 is 0. The molecule has 0 rings (SSSR count). The third kappa shape index (κ3) is 5.29. The van der Waals surface area contributed by atoms with Gasteiger partial charge in [-0.2, -0.15) is 5.26 Å². The molecule has 6 heteroatoms. The molecule has 0 saturated carbocycles. The minimum Gasteiger partial charge on any atom is -0.465 e. The fourth-order valence-corrected chi connectivity index (χ4v) is 1.20. The molecule has 0 aromatic carbocycles. The molecule has 0 N–H and O–H groups in total. The Morgan fingerprint density at radius 1 is 1.56 bits per heavy atom. The molecule has 0 radical (unpaired) electrons. The first-order valence-electron chi connectivity index (χ1n) is 5.22. The average molecular weight is 228 g/mol. The minimum atomic E-state index is -0.807. The fraction of sp³-hybridized carbons (Fsp3) is 0.800. The predicted molar refractivity (Wildman–Crippen MR) is 56.0 cm³/mol. The summed E-state index contributed by atoms with van der Waals surface area (Å²) in [5, 5.41) is 19.0. The molecule has 0 aromatic rings. The molecular formula is C10H16N2O4. The van der Waals surface area contributed by atoms with Gasteiger partial charge in [0.25, 0.3) is 0 Å². The third-order valence-corrected chi connectivity index (χ3v) is 2.20. The number of carbonyl (C=O) groups is 1. The van der Waals surface area contributed by atoms with Crippen LogP contribution >= 0.6 is 0 Å². The van der Waals surface area contributed by atoms with Gasteiger partial charge in [-0.25, -0.2) is 0 Å². The van der Waals surface area contributed by atoms with Gasteiger partial charge in [-0.3, -0.25) is 14.9 Å². The van der Waals surface area contributed by atoms with E-state index in [1.807, 2.05) is 6.07 Å². The van der Waals surface area contributed by atoms with Gasteiger partial charge >= 0.3 is 5.97 Å². The Hall–Kier alpha value is -1.64. The van der Waals surface area contributed by atoms with Crippen LogP contribution in [0.2, 0.25) is 0 Å². The van der Waals surface area contributed by atoms with E-state index >= 15 is 0 Å². The topological polar surface area (TPSA) is 93.2 Å². The molecule has 90 valence electrons. The first-order valence-corrected chi connectivity index (χ1v) is 5.22. The normalized spacial score (nSPS) is 13.6. The first-order chi connectivity index (χ1) is 7.52. The number of rotatable bonds is 7. The van der Waals surface area contributed by atoms with E-state index in [0.29, 0.717) is 19.3 Å². The van der Waals surface area contributed by atoms with Gasteiger partial charge in [0, 0.05) is 18.3 Å². The Kier molecular flexibility index (Phi) is 6.84. The summed E-state index contributed by atoms with van der Waals surface area (Å²) in [5.41, 5.74) is 0. The second-order valence-electron chi connectivity index (χ2n) is 3.50. The van der Waals surface area contributed by atoms with E-state index < -0.39 is 17.9 Å². The zero-order valence-corrected chi connectivity index (χ0v) is 9.51. The number of nitrogens with zero attached hydrogens (tertiary/aromatic N) is 2. The van der Waals surface area contributed by atoms with Crippen LogP contribution in [0, 0.1) is 27.4 Å². The number of ether oxygens (including phenoxy) is 1. The Bertz CT molecular complexity index is 285. The molecule has 0 saturated heterocycles. The second-order valence-corrected chi connectivity index (χ2v) is 3.50. The van der Waals surface area contributed by atoms with Crippen LogP contribution in [0.5, 0.6) is 0 Å². The van der Waals surface area contributed by atoms with Crippen molar-refractivity contribution in [2.45, 2.75) is 39.2 Å². The molecule has 0 aliphatic heterocycles. The van der Waals surface area contributed by atoms with Crippen LogP contribution in [0.3, 0.4) is 0 Å². The maximum absolute atomic E-state index is 11.2. The number of hydrogen-bond acceptors (Lipinski definition) is 5. The van der Waals surface area contributed by atoms with Gasteiger partial charge in [-0.15, -0.1) is 0 Å². The van der Waals surface area contributed by atoms with Gasteiger partial charge in [0.2, 0.25) is 6.04 Å². The number of nitro groups is 1. The van der Waals surface area contributed by atoms with Gasteiger partial charge in [0.15, 0.2) is 0 Å². The summed E-state index contributed by atoms with van der Waals surface area (Å²) in [7, 11) is 0. The highest BCUT2D eigenvalue weighted by Gasteiger charge is 2.20. The maximum Gasteiger partial charge on any atom is 0.323 e. The zero-order valence-electron chi connectivity index (χ0n) is 9.51. The molecule has 0 aliphatic carbocycles. The summed E-state index contributed by atoms with van der Waals surface area (Å²) in [4.78, 5) is 21.2. The summed E-state index contributed by atoms with van der Waals surface area (Å²) < 4.78 is 4.70. The molecule has 0 amide bonds. The van der Waals surface area contributed by atoms with Crippen LogP contribution in [0.1, 0.15) is 33.1 Å². The van der Waals surface area contributed by atoms with Gasteiger partial charge < -0.3 is 4.74 Å². The van der Waals surface area contributed by atoms with Crippen LogP contribution < -0.4 is 0 Å². The quantitative estimate of drug-likeness (QED) is 0.374. The molecule has 16 heavy (non-hydrogen) atoms. The highest BCUT2D eigenvalue weighted by atomic mass is 16.6. The molecule has 2 unspecified atom stereocenters. The van der Waals surface area contributed by atoms with Crippen molar-refractivity contribution in [3.63, 3.8) is 0 Å². The van der Waals surface area contributed by atoms with Crippen molar-refractivity contribution in [1.82, 2.24) is 0 Å². The van der Waals surface area contributed by atoms with Crippen molar-refractivity contribution >= 4 is 5.97 Å². The summed E-state index contributed by atoms with van der Waals surface area (Å²) in [6.45, 7) is 3.41. The van der Waals surface area contributed by atoms with E-state index in [9.17, 15) is 14.9 Å². The smallest absolute Gasteiger partial charge is 0.323 e. The van der Waals surface area contributed by atoms with E-state index in [2.05, 4.69) is 0 Å². The number of carbonyl (C=O) groups excluding carboxylic acids is 1. The third-order valence-electron chi connectivity index (χ3n) is 2.20. The predicted octanol–water partition coefficient (Wildman–Crippen LogP) is 1.52. The van der Waals surface area contributed by atoms with Gasteiger partial charge in [-0.1, -0.05) is 0 Å². The largest absolute Gasteiger partial charge is 0.465 e. The SMILES string of the molecule is CCOC(=O)C(C#N)CCCC(C)[N+](=O)[O-]. The molecule has 0 aliphatic rings. The number of nitriles is 1. The Morgan fingerprint density at radius 2 is 2.19 bits per heavy atom. The molecule has 6 nitrogen and oxygen atoms in total. The van der Waals surface area contributed by atoms with Crippen LogP contribution in [0.4, 0.5) is 0 Å². The lowest BCUT2D eigenvalue weighted by atomic mass is 10.0. The summed E-state index contributed by atoms with van der Waals surface area (Å²) in [6.07, 6.45) is 1.15. The van der Waals surface area contributed by atoms with Crippen LogP contribution in [-0.2, 0) is 9.53 Å². The number of esters is 1. The summed E-state index contributed by atoms with van der Waals surface area (Å²) in [6, 6.07) is 1.21. The summed E-state index contributed by atoms with van der Waals surface area (Å²) in [5.74, 6) is -1.35. The molecular weight excluding hydrogens is 212 g/mol. The maximum atomic E-state index is 11.2. The monoisotopic (exact) mass is 228 g/mol. The van der Waals surface area contributed by atoms with Crippen LogP contribution in [0.25, 0.3) is 0 Å².